The Morgan fingerprint density at radius 3 is 2.88 bits per heavy atom. The molecule has 1 aliphatic rings. The topological polar surface area (TPSA) is 80.2 Å². The average Bonchev–Trinajstić information content (AvgIpc) is 3.20. The molecule has 25 heavy (non-hydrogen) atoms. The number of halogens is 3. The molecular weight excluding hydrogens is 464 g/mol. The Hall–Kier alpha value is -1.91. The Bertz CT molecular complexity index is 1030. The third kappa shape index (κ3) is 3.05. The first-order valence-corrected chi connectivity index (χ1v) is 8.68. The van der Waals surface area contributed by atoms with Gasteiger partial charge in [0.1, 0.15) is 0 Å². The van der Waals surface area contributed by atoms with Gasteiger partial charge in [-0.1, -0.05) is 11.6 Å². The van der Waals surface area contributed by atoms with Crippen LogP contribution in [0.4, 0.5) is 15.8 Å². The number of hydrogen-bond acceptors (Lipinski definition) is 5. The Morgan fingerprint density at radius 2 is 2.16 bits per heavy atom. The predicted octanol–water partition coefficient (Wildman–Crippen LogP) is 4.20. The molecule has 2 N–H and O–H groups in total. The highest BCUT2D eigenvalue weighted by Crippen LogP contribution is 2.39. The van der Waals surface area contributed by atoms with Crippen molar-refractivity contribution in [3.63, 3.8) is 0 Å². The van der Waals surface area contributed by atoms with E-state index in [0.29, 0.717) is 34.0 Å². The minimum Gasteiger partial charge on any atom is -0.388 e. The first-order chi connectivity index (χ1) is 12.0. The van der Waals surface area contributed by atoms with Gasteiger partial charge in [0.25, 0.3) is 5.89 Å². The summed E-state index contributed by atoms with van der Waals surface area (Å²) in [4.78, 5) is 11.3. The highest BCUT2D eigenvalue weighted by atomic mass is 127. The quantitative estimate of drug-likeness (QED) is 0.558. The number of nitrogens with one attached hydrogen (secondary N) is 2. The summed E-state index contributed by atoms with van der Waals surface area (Å²) >= 11 is 8.38. The molecule has 0 saturated carbocycles. The highest BCUT2D eigenvalue weighted by Gasteiger charge is 2.25. The minimum atomic E-state index is -0.717. The monoisotopic (exact) mass is 473 g/mol. The zero-order valence-electron chi connectivity index (χ0n) is 12.5. The van der Waals surface area contributed by atoms with E-state index in [9.17, 15) is 4.79 Å². The molecule has 2 heterocycles. The molecule has 0 bridgehead atoms. The Kier molecular flexibility index (Phi) is 4.26. The van der Waals surface area contributed by atoms with Gasteiger partial charge < -0.3 is 14.5 Å². The van der Waals surface area contributed by atoms with Gasteiger partial charge in [0.05, 0.1) is 35.2 Å². The molecule has 0 radical (unpaired) electrons. The molecule has 0 fully saturated rings. The van der Waals surface area contributed by atoms with Crippen LogP contribution in [-0.4, -0.2) is 10.2 Å². The molecule has 6 nitrogen and oxygen atoms in total. The van der Waals surface area contributed by atoms with Crippen molar-refractivity contribution < 1.29 is 13.5 Å². The van der Waals surface area contributed by atoms with Crippen LogP contribution in [0.15, 0.2) is 33.5 Å². The molecular formula is C16H10ClFIN3O3. The molecule has 0 unspecified atom stereocenters. The first-order valence-electron chi connectivity index (χ1n) is 7.23. The lowest BCUT2D eigenvalue weighted by Gasteiger charge is -2.15. The molecule has 4 rings (SSSR count). The van der Waals surface area contributed by atoms with Gasteiger partial charge in [-0.15, -0.1) is 5.10 Å². The number of nitrogens with zero attached hydrogens (tertiary/aromatic N) is 1. The Labute approximate surface area is 159 Å². The number of H-pyrrole nitrogens is 1. The van der Waals surface area contributed by atoms with Crippen LogP contribution < -0.4 is 11.1 Å². The SMILES string of the molecule is O=c1[nH]nc(-c2cc3c(c(F)c2Nc2ccc(I)cc2Cl)COC3)o1. The average molecular weight is 474 g/mol. The Morgan fingerprint density at radius 1 is 1.32 bits per heavy atom. The summed E-state index contributed by atoms with van der Waals surface area (Å²) < 4.78 is 26.4. The van der Waals surface area contributed by atoms with E-state index in [4.69, 9.17) is 20.8 Å². The van der Waals surface area contributed by atoms with Gasteiger partial charge in [0.2, 0.25) is 0 Å². The van der Waals surface area contributed by atoms with E-state index in [0.717, 1.165) is 3.57 Å². The lowest BCUT2D eigenvalue weighted by molar-refractivity contribution is 0.133. The van der Waals surface area contributed by atoms with E-state index in [2.05, 4.69) is 38.1 Å². The second kappa shape index (κ2) is 6.43. The van der Waals surface area contributed by atoms with Crippen LogP contribution in [-0.2, 0) is 18.0 Å². The van der Waals surface area contributed by atoms with Crippen molar-refractivity contribution in [2.45, 2.75) is 13.2 Å². The molecule has 1 aliphatic heterocycles. The molecule has 0 aliphatic carbocycles. The summed E-state index contributed by atoms with van der Waals surface area (Å²) in [6.45, 7) is 0.472. The molecule has 0 spiro atoms. The normalized spacial score (nSPS) is 13.1. The van der Waals surface area contributed by atoms with Crippen LogP contribution in [0.3, 0.4) is 0 Å². The van der Waals surface area contributed by atoms with Crippen molar-refractivity contribution in [2.24, 2.45) is 0 Å². The zero-order valence-corrected chi connectivity index (χ0v) is 15.4. The van der Waals surface area contributed by atoms with Crippen molar-refractivity contribution in [1.82, 2.24) is 10.2 Å². The molecule has 0 amide bonds. The third-order valence-corrected chi connectivity index (χ3v) is 4.81. The highest BCUT2D eigenvalue weighted by molar-refractivity contribution is 14.1. The number of benzene rings is 2. The number of rotatable bonds is 3. The van der Waals surface area contributed by atoms with Gasteiger partial charge in [-0.2, -0.15) is 0 Å². The van der Waals surface area contributed by atoms with E-state index < -0.39 is 11.6 Å². The molecule has 9 heteroatoms. The maximum atomic E-state index is 15.1. The van der Waals surface area contributed by atoms with Crippen LogP contribution >= 0.6 is 34.2 Å². The van der Waals surface area contributed by atoms with Crippen LogP contribution in [0.5, 0.6) is 0 Å². The van der Waals surface area contributed by atoms with Gasteiger partial charge >= 0.3 is 5.76 Å². The second-order valence-corrected chi connectivity index (χ2v) is 7.06. The summed E-state index contributed by atoms with van der Waals surface area (Å²) in [5.74, 6) is -1.21. The third-order valence-electron chi connectivity index (χ3n) is 3.82. The van der Waals surface area contributed by atoms with Gasteiger partial charge in [-0.3, -0.25) is 0 Å². The summed E-state index contributed by atoms with van der Waals surface area (Å²) in [7, 11) is 0. The molecule has 0 saturated heterocycles. The number of hydrogen-bond donors (Lipinski definition) is 2. The van der Waals surface area contributed by atoms with Crippen molar-refractivity contribution in [3.05, 3.63) is 60.4 Å². The van der Waals surface area contributed by atoms with E-state index in [1.165, 1.54) is 0 Å². The largest absolute Gasteiger partial charge is 0.434 e. The van der Waals surface area contributed by atoms with Crippen molar-refractivity contribution in [2.75, 3.05) is 5.32 Å². The van der Waals surface area contributed by atoms with Gasteiger partial charge in [0.15, 0.2) is 5.82 Å². The molecule has 0 atom stereocenters. The van der Waals surface area contributed by atoms with Crippen molar-refractivity contribution >= 4 is 45.6 Å². The van der Waals surface area contributed by atoms with E-state index in [1.807, 2.05) is 6.07 Å². The lowest BCUT2D eigenvalue weighted by atomic mass is 10.0. The zero-order chi connectivity index (χ0) is 17.6. The number of fused-ring (bicyclic) bond motifs is 1. The standard InChI is InChI=1S/C16H10ClFIN3O3/c17-11-4-8(19)1-2-12(11)20-14-9(15-21-22-16(23)25-15)3-7-5-24-6-10(7)13(14)18/h1-4,20H,5-6H2,(H,22,23). The maximum absolute atomic E-state index is 15.1. The predicted molar refractivity (Wildman–Crippen MR) is 98.5 cm³/mol. The van der Waals surface area contributed by atoms with E-state index in [-0.39, 0.29) is 18.2 Å². The number of ether oxygens (including phenoxy) is 1. The maximum Gasteiger partial charge on any atom is 0.434 e. The first kappa shape index (κ1) is 16.6. The number of aromatic nitrogens is 2. The van der Waals surface area contributed by atoms with Crippen LogP contribution in [0.25, 0.3) is 11.5 Å². The summed E-state index contributed by atoms with van der Waals surface area (Å²) in [5, 5.41) is 9.42. The van der Waals surface area contributed by atoms with Crippen LogP contribution in [0.2, 0.25) is 5.02 Å². The van der Waals surface area contributed by atoms with E-state index >= 15 is 4.39 Å². The molecule has 2 aromatic carbocycles. The fraction of sp³-hybridized carbons (Fsp3) is 0.125. The molecule has 3 aromatic rings. The lowest BCUT2D eigenvalue weighted by Crippen LogP contribution is -2.02. The number of anilines is 2. The van der Waals surface area contributed by atoms with E-state index in [1.54, 1.807) is 18.2 Å². The van der Waals surface area contributed by atoms with Crippen LogP contribution in [0, 0.1) is 9.39 Å². The van der Waals surface area contributed by atoms with Crippen LogP contribution in [0.1, 0.15) is 11.1 Å². The number of aromatic amines is 1. The Balaban J connectivity index is 1.89. The fourth-order valence-corrected chi connectivity index (χ4v) is 3.56. The van der Waals surface area contributed by atoms with Gasteiger partial charge in [0, 0.05) is 9.13 Å². The second-order valence-electron chi connectivity index (χ2n) is 5.41. The summed E-state index contributed by atoms with van der Waals surface area (Å²) in [5.41, 5.74) is 2.12. The summed E-state index contributed by atoms with van der Waals surface area (Å²) in [6.07, 6.45) is 0. The minimum absolute atomic E-state index is 0.0114. The summed E-state index contributed by atoms with van der Waals surface area (Å²) in [6, 6.07) is 7.05. The van der Waals surface area contributed by atoms with Crippen molar-refractivity contribution in [1.29, 1.82) is 0 Å². The fourth-order valence-electron chi connectivity index (χ4n) is 2.65. The molecule has 128 valence electrons. The molecule has 1 aromatic heterocycles. The van der Waals surface area contributed by atoms with Crippen molar-refractivity contribution in [3.8, 4) is 11.5 Å². The van der Waals surface area contributed by atoms with Gasteiger partial charge in [-0.05, 0) is 52.4 Å². The smallest absolute Gasteiger partial charge is 0.388 e. The van der Waals surface area contributed by atoms with Gasteiger partial charge in [-0.25, -0.2) is 14.3 Å².